The zero-order valence-electron chi connectivity index (χ0n) is 8.15. The highest BCUT2D eigenvalue weighted by atomic mass is 16.5. The molecular formula is C8H11BN3O2. The molecule has 1 aromatic heterocycles. The highest BCUT2D eigenvalue weighted by molar-refractivity contribution is 6.52. The van der Waals surface area contributed by atoms with Gasteiger partial charge in [0.2, 0.25) is 0 Å². The van der Waals surface area contributed by atoms with Crippen LogP contribution in [0.5, 0.6) is 0 Å². The molecule has 1 aromatic rings. The van der Waals surface area contributed by atoms with Gasteiger partial charge in [-0.3, -0.25) is 4.98 Å². The van der Waals surface area contributed by atoms with Crippen LogP contribution in [0.15, 0.2) is 6.20 Å². The van der Waals surface area contributed by atoms with Gasteiger partial charge in [0.25, 0.3) is 0 Å². The summed E-state index contributed by atoms with van der Waals surface area (Å²) in [5, 5.41) is 0. The number of nitrogens with zero attached hydrogens (tertiary/aromatic N) is 2. The molecule has 0 aliphatic rings. The van der Waals surface area contributed by atoms with Crippen LogP contribution in [0.3, 0.4) is 0 Å². The molecule has 0 saturated carbocycles. The van der Waals surface area contributed by atoms with Crippen LogP contribution in [0.1, 0.15) is 17.4 Å². The van der Waals surface area contributed by atoms with Gasteiger partial charge in [-0.1, -0.05) is 13.2 Å². The summed E-state index contributed by atoms with van der Waals surface area (Å²) in [5.41, 5.74) is 6.17. The summed E-state index contributed by atoms with van der Waals surface area (Å²) in [7, 11) is 3.12. The first-order chi connectivity index (χ1) is 6.69. The zero-order chi connectivity index (χ0) is 10.6. The number of nitrogen functional groups attached to an aromatic ring is 1. The van der Waals surface area contributed by atoms with Crippen LogP contribution in [-0.4, -0.2) is 30.3 Å². The second-order valence-corrected chi connectivity index (χ2v) is 2.63. The highest BCUT2D eigenvalue weighted by Crippen LogP contribution is 2.02. The summed E-state index contributed by atoms with van der Waals surface area (Å²) in [4.78, 5) is 19.0. The molecule has 1 rings (SSSR count). The molecule has 0 fully saturated rings. The van der Waals surface area contributed by atoms with Crippen molar-refractivity contribution < 1.29 is 9.53 Å². The fraction of sp³-hybridized carbons (Fsp3) is 0.375. The van der Waals surface area contributed by atoms with Gasteiger partial charge in [0.05, 0.1) is 7.11 Å². The number of ether oxygens (including phenoxy) is 1. The Morgan fingerprint density at radius 1 is 1.71 bits per heavy atom. The minimum atomic E-state index is -0.568. The first-order valence-electron chi connectivity index (χ1n) is 4.23. The second kappa shape index (κ2) is 4.60. The van der Waals surface area contributed by atoms with Crippen molar-refractivity contribution in [1.82, 2.24) is 9.97 Å². The van der Waals surface area contributed by atoms with Crippen LogP contribution in [0.2, 0.25) is 6.32 Å². The number of aromatic nitrogens is 2. The van der Waals surface area contributed by atoms with Gasteiger partial charge in [-0.2, -0.15) is 0 Å². The molecule has 1 heterocycles. The standard InChI is InChI=1S/C8H11BN3O2/c1-3-9-5-4-11-7(10)6(12-5)8(13)14-2/h4H,3H2,1-2H3,(H2,10,11). The van der Waals surface area contributed by atoms with E-state index in [0.29, 0.717) is 5.59 Å². The molecule has 2 N–H and O–H groups in total. The lowest BCUT2D eigenvalue weighted by atomic mass is 9.72. The molecular weight excluding hydrogens is 181 g/mol. The van der Waals surface area contributed by atoms with E-state index in [4.69, 9.17) is 5.73 Å². The van der Waals surface area contributed by atoms with Crippen molar-refractivity contribution in [3.63, 3.8) is 0 Å². The van der Waals surface area contributed by atoms with E-state index < -0.39 is 5.97 Å². The lowest BCUT2D eigenvalue weighted by Gasteiger charge is -2.03. The number of carbonyl (C=O) groups excluding carboxylic acids is 1. The molecule has 6 heteroatoms. The van der Waals surface area contributed by atoms with E-state index in [-0.39, 0.29) is 11.5 Å². The average Bonchev–Trinajstić information content (AvgIpc) is 2.20. The van der Waals surface area contributed by atoms with Gasteiger partial charge in [-0.25, -0.2) is 9.78 Å². The van der Waals surface area contributed by atoms with Crippen molar-refractivity contribution >= 4 is 24.7 Å². The molecule has 0 spiro atoms. The summed E-state index contributed by atoms with van der Waals surface area (Å²) < 4.78 is 4.51. The lowest BCUT2D eigenvalue weighted by Crippen LogP contribution is -2.23. The zero-order valence-corrected chi connectivity index (χ0v) is 8.15. The van der Waals surface area contributed by atoms with Gasteiger partial charge in [-0.15, -0.1) is 0 Å². The molecule has 0 amide bonds. The molecule has 0 aromatic carbocycles. The third kappa shape index (κ3) is 2.22. The number of methoxy groups -OCH3 is 1. The predicted octanol–water partition coefficient (Wildman–Crippen LogP) is -0.387. The van der Waals surface area contributed by atoms with E-state index in [2.05, 4.69) is 14.7 Å². The Labute approximate surface area is 82.9 Å². The molecule has 0 unspecified atom stereocenters. The molecule has 1 radical (unpaired) electrons. The number of rotatable bonds is 3. The summed E-state index contributed by atoms with van der Waals surface area (Å²) in [6.45, 7) is 1.97. The van der Waals surface area contributed by atoms with Crippen LogP contribution < -0.4 is 11.3 Å². The van der Waals surface area contributed by atoms with E-state index in [1.807, 2.05) is 14.2 Å². The quantitative estimate of drug-likeness (QED) is 0.521. The Balaban J connectivity index is 3.01. The van der Waals surface area contributed by atoms with Crippen LogP contribution in [0.25, 0.3) is 0 Å². The predicted molar refractivity (Wildman–Crippen MR) is 53.7 cm³/mol. The fourth-order valence-corrected chi connectivity index (χ4v) is 0.966. The number of nitrogens with two attached hydrogens (primary N) is 1. The fourth-order valence-electron chi connectivity index (χ4n) is 0.966. The van der Waals surface area contributed by atoms with Crippen molar-refractivity contribution in [2.24, 2.45) is 0 Å². The monoisotopic (exact) mass is 192 g/mol. The Kier molecular flexibility index (Phi) is 3.44. The number of carbonyl (C=O) groups is 1. The maximum Gasteiger partial charge on any atom is 0.360 e. The summed E-state index contributed by atoms with van der Waals surface area (Å²) in [6, 6.07) is 0. The third-order valence-electron chi connectivity index (χ3n) is 1.61. The maximum absolute atomic E-state index is 11.2. The first kappa shape index (κ1) is 10.5. The van der Waals surface area contributed by atoms with Gasteiger partial charge in [0.15, 0.2) is 18.8 Å². The van der Waals surface area contributed by atoms with Gasteiger partial charge in [0.1, 0.15) is 0 Å². The van der Waals surface area contributed by atoms with E-state index >= 15 is 0 Å². The summed E-state index contributed by atoms with van der Waals surface area (Å²) >= 11 is 0. The summed E-state index contributed by atoms with van der Waals surface area (Å²) in [5.74, 6) is -0.480. The minimum Gasteiger partial charge on any atom is -0.464 e. The molecule has 0 aliphatic heterocycles. The molecule has 14 heavy (non-hydrogen) atoms. The van der Waals surface area contributed by atoms with E-state index in [9.17, 15) is 4.79 Å². The molecule has 0 aliphatic carbocycles. The van der Waals surface area contributed by atoms with E-state index in [0.717, 1.165) is 6.32 Å². The number of anilines is 1. The Hall–Kier alpha value is -1.59. The van der Waals surface area contributed by atoms with E-state index in [1.54, 1.807) is 0 Å². The second-order valence-electron chi connectivity index (χ2n) is 2.63. The lowest BCUT2D eigenvalue weighted by molar-refractivity contribution is 0.0595. The minimum absolute atomic E-state index is 0.0645. The molecule has 0 atom stereocenters. The number of hydrogen-bond acceptors (Lipinski definition) is 5. The normalized spacial score (nSPS) is 9.57. The maximum atomic E-state index is 11.2. The van der Waals surface area contributed by atoms with Crippen LogP contribution in [0, 0.1) is 0 Å². The molecule has 0 saturated heterocycles. The van der Waals surface area contributed by atoms with Crippen LogP contribution in [0.4, 0.5) is 5.82 Å². The van der Waals surface area contributed by atoms with Gasteiger partial charge >= 0.3 is 5.97 Å². The van der Waals surface area contributed by atoms with Gasteiger partial charge < -0.3 is 10.5 Å². The Morgan fingerprint density at radius 2 is 2.43 bits per heavy atom. The van der Waals surface area contributed by atoms with Crippen molar-refractivity contribution in [2.75, 3.05) is 12.8 Å². The van der Waals surface area contributed by atoms with Crippen molar-refractivity contribution in [1.29, 1.82) is 0 Å². The van der Waals surface area contributed by atoms with Crippen LogP contribution in [-0.2, 0) is 4.74 Å². The SMILES string of the molecule is CC[B]c1cnc(N)c(C(=O)OC)n1. The van der Waals surface area contributed by atoms with Gasteiger partial charge in [0, 0.05) is 11.8 Å². The highest BCUT2D eigenvalue weighted by Gasteiger charge is 2.13. The third-order valence-corrected chi connectivity index (χ3v) is 1.61. The topological polar surface area (TPSA) is 78.1 Å². The van der Waals surface area contributed by atoms with Gasteiger partial charge in [-0.05, 0) is 0 Å². The smallest absolute Gasteiger partial charge is 0.360 e. The van der Waals surface area contributed by atoms with E-state index in [1.165, 1.54) is 13.3 Å². The molecule has 73 valence electrons. The van der Waals surface area contributed by atoms with Crippen LogP contribution >= 0.6 is 0 Å². The summed E-state index contributed by atoms with van der Waals surface area (Å²) in [6.07, 6.45) is 2.34. The number of hydrogen-bond donors (Lipinski definition) is 1. The van der Waals surface area contributed by atoms with Crippen molar-refractivity contribution in [2.45, 2.75) is 13.2 Å². The largest absolute Gasteiger partial charge is 0.464 e. The first-order valence-corrected chi connectivity index (χ1v) is 4.23. The Morgan fingerprint density at radius 3 is 3.00 bits per heavy atom. The Bertz CT molecular complexity index is 343. The van der Waals surface area contributed by atoms with Crippen molar-refractivity contribution in [3.8, 4) is 0 Å². The number of esters is 1. The molecule has 5 nitrogen and oxygen atoms in total. The molecule has 0 bridgehead atoms. The van der Waals surface area contributed by atoms with Crippen molar-refractivity contribution in [3.05, 3.63) is 11.9 Å². The average molecular weight is 192 g/mol.